The number of nitrogens with one attached hydrogen (secondary N) is 1. The van der Waals surface area contributed by atoms with Crippen LogP contribution in [0.5, 0.6) is 0 Å². The van der Waals surface area contributed by atoms with Crippen LogP contribution in [0.2, 0.25) is 0 Å². The summed E-state index contributed by atoms with van der Waals surface area (Å²) in [5, 5.41) is 116. The van der Waals surface area contributed by atoms with Gasteiger partial charge in [-0.15, -0.1) is 0 Å². The van der Waals surface area contributed by atoms with E-state index in [4.69, 9.17) is 35.2 Å². The maximum absolute atomic E-state index is 14.3. The molecule has 3 fully saturated rings. The number of carbonyl (C=O) groups excluding carboxylic acids is 2. The molecule has 19 atom stereocenters. The van der Waals surface area contributed by atoms with Crippen molar-refractivity contribution in [3.05, 3.63) is 85.1 Å². The molecule has 0 aromatic heterocycles. The lowest BCUT2D eigenvalue weighted by molar-refractivity contribution is -0.311. The average Bonchev–Trinajstić information content (AvgIpc) is 2.84. The quantitative estimate of drug-likeness (QED) is 0.0832. The fraction of sp³-hybridized carbons (Fsp3) is 0.733. The predicted molar refractivity (Wildman–Crippen MR) is 309 cm³/mol. The predicted octanol–water partition coefficient (Wildman–Crippen LogP) is 0.507. The monoisotopic (exact) mass is 1160 g/mol. The van der Waals surface area contributed by atoms with Crippen molar-refractivity contribution in [2.45, 2.75) is 196 Å². The second-order valence-corrected chi connectivity index (χ2v) is 22.6. The van der Waals surface area contributed by atoms with Crippen LogP contribution in [0, 0.1) is 17.8 Å². The van der Waals surface area contributed by atoms with Crippen molar-refractivity contribution in [3.8, 4) is 0 Å². The highest BCUT2D eigenvalue weighted by molar-refractivity contribution is 5.80. The zero-order valence-corrected chi connectivity index (χ0v) is 48.7. The summed E-state index contributed by atoms with van der Waals surface area (Å²) in [4.78, 5) is 31.2. The van der Waals surface area contributed by atoms with Gasteiger partial charge in [-0.1, -0.05) is 98.9 Å². The van der Waals surface area contributed by atoms with Crippen molar-refractivity contribution < 1.29 is 84.3 Å². The molecule has 22 heteroatoms. The third kappa shape index (κ3) is 24.8. The minimum atomic E-state index is -2.29. The van der Waals surface area contributed by atoms with E-state index in [0.29, 0.717) is 65.2 Å². The van der Waals surface area contributed by atoms with Gasteiger partial charge in [0, 0.05) is 57.2 Å². The number of hydrogen-bond acceptors (Lipinski definition) is 21. The van der Waals surface area contributed by atoms with Crippen LogP contribution in [0.3, 0.4) is 0 Å². The molecule has 1 unspecified atom stereocenters. The van der Waals surface area contributed by atoms with Crippen molar-refractivity contribution in [1.82, 2.24) is 15.1 Å². The summed E-state index contributed by atoms with van der Waals surface area (Å²) in [6.45, 7) is 12.3. The van der Waals surface area contributed by atoms with Crippen molar-refractivity contribution in [1.29, 1.82) is 0 Å². The van der Waals surface area contributed by atoms with Crippen LogP contribution in [0.15, 0.2) is 85.1 Å². The number of aliphatic hydroxyl groups excluding tert-OH is 9. The van der Waals surface area contributed by atoms with E-state index in [0.717, 1.165) is 13.1 Å². The standard InChI is InChI=1S/C60H101N5O17/c1-40-20-15-13-11-9-7-5-6-8-10-12-14-16-21-47(81-59-57(75)54(56(74)43(4)80-59)65(28-17-24-61)29-18-25-62)37-51-53(58(76)63-26-19-27-64-30-32-78-33-31-64)50(71)39-60(77,82-51)38-46(68)35-49(70)48(69)23-22-44(66)34-45(67)36-52(72)79-42(3)41(2)55(40)73/h5-16,20-21,40-51,53-57,59,66-71,73-75,77H,17-19,22-39,61-62H2,1-4H3,(H,63,76)/b6-5+,9-7+,10-8+,13-11+,14-12+,20-15+,21-16+/t40-,41-,42-,43+,44+,45+,46-,47-,48+,49+,50-,51-,53+,54-,55+,56+,57-,59?,60+/m0/s1. The molecule has 0 radical (unpaired) electrons. The number of nitrogens with two attached hydrogens (primary N) is 2. The fourth-order valence-electron chi connectivity index (χ4n) is 10.8. The molecule has 82 heavy (non-hydrogen) atoms. The van der Waals surface area contributed by atoms with Gasteiger partial charge in [-0.3, -0.25) is 19.4 Å². The molecular weight excluding hydrogens is 1060 g/mol. The normalized spacial score (nSPS) is 39.9. The lowest BCUT2D eigenvalue weighted by Gasteiger charge is -2.48. The van der Waals surface area contributed by atoms with Crippen molar-refractivity contribution in [2.75, 3.05) is 65.6 Å². The van der Waals surface area contributed by atoms with Gasteiger partial charge < -0.3 is 91.5 Å². The molecule has 0 aromatic rings. The topological polar surface area (TPSA) is 353 Å². The molecule has 2 bridgehead atoms. The molecule has 0 saturated carbocycles. The maximum atomic E-state index is 14.3. The first kappa shape index (κ1) is 70.9. The van der Waals surface area contributed by atoms with Crippen LogP contribution in [-0.2, 0) is 33.3 Å². The van der Waals surface area contributed by atoms with Gasteiger partial charge in [0.15, 0.2) is 12.1 Å². The summed E-state index contributed by atoms with van der Waals surface area (Å²) in [6, 6.07) is -0.850. The number of aliphatic hydroxyl groups is 10. The third-order valence-electron chi connectivity index (χ3n) is 15.7. The summed E-state index contributed by atoms with van der Waals surface area (Å²) in [6.07, 6.45) is 6.91. The minimum Gasteiger partial charge on any atom is -0.462 e. The molecule has 0 aliphatic carbocycles. The molecule has 15 N–H and O–H groups in total. The van der Waals surface area contributed by atoms with Crippen LogP contribution in [-0.4, -0.2) is 236 Å². The van der Waals surface area contributed by atoms with Crippen molar-refractivity contribution >= 4 is 11.9 Å². The number of rotatable bonds is 14. The second kappa shape index (κ2) is 37.7. The average molecular weight is 1160 g/mol. The summed E-state index contributed by atoms with van der Waals surface area (Å²) >= 11 is 0. The number of ether oxygens (including phenoxy) is 5. The van der Waals surface area contributed by atoms with E-state index in [-0.39, 0.29) is 38.1 Å². The van der Waals surface area contributed by atoms with Gasteiger partial charge in [-0.2, -0.15) is 0 Å². The number of allylic oxidation sites excluding steroid dienone is 12. The zero-order valence-electron chi connectivity index (χ0n) is 48.7. The van der Waals surface area contributed by atoms with E-state index in [1.807, 2.05) is 66.5 Å². The van der Waals surface area contributed by atoms with Gasteiger partial charge in [0.25, 0.3) is 0 Å². The molecule has 4 aliphatic heterocycles. The Morgan fingerprint density at radius 2 is 1.29 bits per heavy atom. The number of fused-ring (bicyclic) bond motifs is 2. The molecule has 4 heterocycles. The fourth-order valence-corrected chi connectivity index (χ4v) is 10.8. The lowest BCUT2D eigenvalue weighted by Crippen LogP contribution is -2.64. The van der Waals surface area contributed by atoms with E-state index in [9.17, 15) is 60.7 Å². The second-order valence-electron chi connectivity index (χ2n) is 22.6. The summed E-state index contributed by atoms with van der Waals surface area (Å²) in [7, 11) is 0. The van der Waals surface area contributed by atoms with Gasteiger partial charge in [-0.05, 0) is 85.1 Å². The van der Waals surface area contributed by atoms with Gasteiger partial charge in [0.1, 0.15) is 12.2 Å². The molecular formula is C60H101N5O17. The Kier molecular flexibility index (Phi) is 32.6. The molecule has 4 aliphatic rings. The smallest absolute Gasteiger partial charge is 0.308 e. The number of carbonyl (C=O) groups is 2. The van der Waals surface area contributed by atoms with Crippen LogP contribution >= 0.6 is 0 Å². The molecule has 3 saturated heterocycles. The Morgan fingerprint density at radius 3 is 1.90 bits per heavy atom. The SMILES string of the molecule is C[C@@H]1[C@H](O)[C@@H](C)/C=C/C=C/C=C/C=C/C=C/C=C/C=C/[C@H](OC2O[C@H](C)[C@@H](O)[C@H](N(CCCN)CCCN)[C@@H]2O)C[C@@H]2O[C@](O)(C[C@@H](O)C[C@@H](O)[C@H](O)CC[C@@H](O)C[C@@H](O)CC(=O)O[C@H]1C)C[C@H](O)[C@H]2C(=O)NCCCN1CCOCC1. The highest BCUT2D eigenvalue weighted by Gasteiger charge is 2.51. The Bertz CT molecular complexity index is 2030. The van der Waals surface area contributed by atoms with Crippen LogP contribution in [0.25, 0.3) is 0 Å². The third-order valence-corrected chi connectivity index (χ3v) is 15.7. The van der Waals surface area contributed by atoms with E-state index in [2.05, 4.69) is 10.2 Å². The van der Waals surface area contributed by atoms with E-state index in [1.165, 1.54) is 0 Å². The highest BCUT2D eigenvalue weighted by Crippen LogP contribution is 2.39. The van der Waals surface area contributed by atoms with Gasteiger partial charge in [0.05, 0.1) is 98.7 Å². The van der Waals surface area contributed by atoms with Crippen molar-refractivity contribution in [2.24, 2.45) is 29.2 Å². The van der Waals surface area contributed by atoms with Crippen LogP contribution < -0.4 is 16.8 Å². The molecule has 22 nitrogen and oxygen atoms in total. The maximum Gasteiger partial charge on any atom is 0.308 e. The zero-order chi connectivity index (χ0) is 60.2. The molecule has 0 spiro atoms. The first-order valence-electron chi connectivity index (χ1n) is 29.6. The Balaban J connectivity index is 1.66. The Hall–Kier alpha value is -3.60. The Morgan fingerprint density at radius 1 is 0.695 bits per heavy atom. The summed E-state index contributed by atoms with van der Waals surface area (Å²) in [5.74, 6) is -5.59. The minimum absolute atomic E-state index is 0.0976. The number of hydrogen-bond donors (Lipinski definition) is 13. The van der Waals surface area contributed by atoms with Crippen LogP contribution in [0.4, 0.5) is 0 Å². The van der Waals surface area contributed by atoms with E-state index in [1.54, 1.807) is 51.2 Å². The van der Waals surface area contributed by atoms with E-state index < -0.39 is 147 Å². The van der Waals surface area contributed by atoms with Gasteiger partial charge in [0.2, 0.25) is 5.91 Å². The van der Waals surface area contributed by atoms with Crippen LogP contribution in [0.1, 0.15) is 98.3 Å². The summed E-state index contributed by atoms with van der Waals surface area (Å²) < 4.78 is 30.1. The largest absolute Gasteiger partial charge is 0.462 e. The molecule has 0 aromatic carbocycles. The Labute approximate surface area is 485 Å². The number of morpholine rings is 1. The van der Waals surface area contributed by atoms with Crippen molar-refractivity contribution in [3.63, 3.8) is 0 Å². The number of amides is 1. The number of nitrogens with zero attached hydrogens (tertiary/aromatic N) is 2. The van der Waals surface area contributed by atoms with Gasteiger partial charge in [-0.25, -0.2) is 0 Å². The number of esters is 1. The highest BCUT2D eigenvalue weighted by atomic mass is 16.7. The lowest BCUT2D eigenvalue weighted by atomic mass is 9.82. The molecule has 468 valence electrons. The molecule has 4 rings (SSSR count). The van der Waals surface area contributed by atoms with Gasteiger partial charge >= 0.3 is 5.97 Å². The number of cyclic esters (lactones) is 1. The van der Waals surface area contributed by atoms with E-state index >= 15 is 0 Å². The first-order valence-corrected chi connectivity index (χ1v) is 29.6. The first-order chi connectivity index (χ1) is 39.2. The summed E-state index contributed by atoms with van der Waals surface area (Å²) in [5.41, 5.74) is 11.8. The molecule has 1 amide bonds.